The van der Waals surface area contributed by atoms with Crippen molar-refractivity contribution < 1.29 is 22.4 Å². The van der Waals surface area contributed by atoms with Crippen LogP contribution in [0.4, 0.5) is 0 Å². The van der Waals surface area contributed by atoms with Gasteiger partial charge in [0.2, 0.25) is 10.0 Å². The molecule has 0 spiro atoms. The zero-order valence-corrected chi connectivity index (χ0v) is 12.7. The third-order valence-electron chi connectivity index (χ3n) is 2.76. The molecule has 0 aliphatic heterocycles. The second-order valence-electron chi connectivity index (χ2n) is 4.36. The second kappa shape index (κ2) is 6.59. The first-order valence-electron chi connectivity index (χ1n) is 6.48. The van der Waals surface area contributed by atoms with Crippen molar-refractivity contribution in [3.05, 3.63) is 48.2 Å². The van der Waals surface area contributed by atoms with Gasteiger partial charge in [-0.2, -0.15) is 0 Å². The molecule has 0 radical (unpaired) electrons. The predicted molar refractivity (Wildman–Crippen MR) is 81.2 cm³/mol. The van der Waals surface area contributed by atoms with Gasteiger partial charge in [0.1, 0.15) is 11.5 Å². The molecular formula is C15H15NO5S. The highest BCUT2D eigenvalue weighted by molar-refractivity contribution is 7.89. The van der Waals surface area contributed by atoms with Gasteiger partial charge >= 0.3 is 5.97 Å². The zero-order valence-electron chi connectivity index (χ0n) is 11.9. The zero-order chi connectivity index (χ0) is 16.2. The van der Waals surface area contributed by atoms with E-state index in [9.17, 15) is 13.2 Å². The van der Waals surface area contributed by atoms with Crippen LogP contribution in [-0.4, -0.2) is 21.0 Å². The maximum absolute atomic E-state index is 11.2. The Bertz CT molecular complexity index is 788. The van der Waals surface area contributed by atoms with Gasteiger partial charge < -0.3 is 9.15 Å². The van der Waals surface area contributed by atoms with Crippen molar-refractivity contribution in [2.45, 2.75) is 11.8 Å². The third-order valence-corrected chi connectivity index (χ3v) is 3.69. The van der Waals surface area contributed by atoms with Crippen molar-refractivity contribution in [2.24, 2.45) is 5.14 Å². The van der Waals surface area contributed by atoms with E-state index in [4.69, 9.17) is 14.3 Å². The van der Waals surface area contributed by atoms with Gasteiger partial charge in [-0.3, -0.25) is 0 Å². The Balaban J connectivity index is 2.16. The van der Waals surface area contributed by atoms with Crippen LogP contribution >= 0.6 is 0 Å². The van der Waals surface area contributed by atoms with Crippen LogP contribution in [0.15, 0.2) is 51.8 Å². The number of benzene rings is 1. The molecule has 2 aromatic rings. The van der Waals surface area contributed by atoms with Crippen LogP contribution in [0.25, 0.3) is 17.4 Å². The Morgan fingerprint density at radius 1 is 1.23 bits per heavy atom. The van der Waals surface area contributed by atoms with Crippen LogP contribution in [-0.2, 0) is 19.6 Å². The first-order chi connectivity index (χ1) is 10.4. The van der Waals surface area contributed by atoms with Crippen molar-refractivity contribution in [2.75, 3.05) is 6.61 Å². The molecule has 6 nitrogen and oxygen atoms in total. The maximum atomic E-state index is 11.2. The Labute approximate surface area is 128 Å². The SMILES string of the molecule is CCOC(=O)/C=C/c1ccc(-c2ccc(S(N)(=O)=O)cc2)o1. The summed E-state index contributed by atoms with van der Waals surface area (Å²) in [5, 5.41) is 5.04. The Morgan fingerprint density at radius 3 is 2.50 bits per heavy atom. The fourth-order valence-corrected chi connectivity index (χ4v) is 2.26. The van der Waals surface area contributed by atoms with Gasteiger partial charge in [0.25, 0.3) is 0 Å². The van der Waals surface area contributed by atoms with E-state index >= 15 is 0 Å². The van der Waals surface area contributed by atoms with E-state index in [0.29, 0.717) is 23.7 Å². The van der Waals surface area contributed by atoms with Gasteiger partial charge in [-0.25, -0.2) is 18.4 Å². The number of sulfonamides is 1. The number of carbonyl (C=O) groups excluding carboxylic acids is 1. The average molecular weight is 321 g/mol. The molecule has 0 amide bonds. The summed E-state index contributed by atoms with van der Waals surface area (Å²) in [6, 6.07) is 9.41. The maximum Gasteiger partial charge on any atom is 0.330 e. The molecule has 1 aromatic heterocycles. The number of rotatable bonds is 5. The van der Waals surface area contributed by atoms with Crippen LogP contribution in [0.2, 0.25) is 0 Å². The van der Waals surface area contributed by atoms with Crippen molar-refractivity contribution in [1.29, 1.82) is 0 Å². The number of furan rings is 1. The lowest BCUT2D eigenvalue weighted by atomic mass is 10.2. The molecule has 0 aliphatic rings. The van der Waals surface area contributed by atoms with E-state index in [1.165, 1.54) is 24.3 Å². The summed E-state index contributed by atoms with van der Waals surface area (Å²) in [6.45, 7) is 2.03. The second-order valence-corrected chi connectivity index (χ2v) is 5.92. The van der Waals surface area contributed by atoms with Crippen molar-refractivity contribution in [1.82, 2.24) is 0 Å². The van der Waals surface area contributed by atoms with Crippen molar-refractivity contribution >= 4 is 22.1 Å². The lowest BCUT2D eigenvalue weighted by molar-refractivity contribution is -0.137. The highest BCUT2D eigenvalue weighted by Crippen LogP contribution is 2.24. The molecule has 0 saturated heterocycles. The van der Waals surface area contributed by atoms with Gasteiger partial charge in [0.15, 0.2) is 0 Å². The Morgan fingerprint density at radius 2 is 1.91 bits per heavy atom. The van der Waals surface area contributed by atoms with Crippen LogP contribution < -0.4 is 5.14 Å². The number of esters is 1. The molecule has 7 heteroatoms. The van der Waals surface area contributed by atoms with Crippen LogP contribution in [0.1, 0.15) is 12.7 Å². The number of hydrogen-bond donors (Lipinski definition) is 1. The average Bonchev–Trinajstić information content (AvgIpc) is 2.93. The molecule has 2 N–H and O–H groups in total. The van der Waals surface area contributed by atoms with Gasteiger partial charge in [-0.15, -0.1) is 0 Å². The molecule has 0 aliphatic carbocycles. The third kappa shape index (κ3) is 4.06. The van der Waals surface area contributed by atoms with Crippen molar-refractivity contribution in [3.8, 4) is 11.3 Å². The minimum Gasteiger partial charge on any atom is -0.463 e. The van der Waals surface area contributed by atoms with Crippen LogP contribution in [0, 0.1) is 0 Å². The summed E-state index contributed by atoms with van der Waals surface area (Å²) in [5.41, 5.74) is 0.697. The minimum atomic E-state index is -3.71. The molecular weight excluding hydrogens is 306 g/mol. The number of hydrogen-bond acceptors (Lipinski definition) is 5. The minimum absolute atomic E-state index is 0.0326. The molecule has 0 bridgehead atoms. The van der Waals surface area contributed by atoms with E-state index in [1.54, 1.807) is 31.2 Å². The normalized spacial score (nSPS) is 11.7. The first kappa shape index (κ1) is 16.0. The standard InChI is InChI=1S/C15H15NO5S/c1-2-20-15(17)10-6-12-5-9-14(21-12)11-3-7-13(8-4-11)22(16,18)19/h3-10H,2H2,1H3,(H2,16,18,19)/b10-6+. The van der Waals surface area contributed by atoms with Crippen molar-refractivity contribution in [3.63, 3.8) is 0 Å². The summed E-state index contributed by atoms with van der Waals surface area (Å²) >= 11 is 0. The molecule has 0 saturated carbocycles. The summed E-state index contributed by atoms with van der Waals surface area (Å²) in [5.74, 6) is 0.584. The lowest BCUT2D eigenvalue weighted by Gasteiger charge is -2.00. The van der Waals surface area contributed by atoms with E-state index in [0.717, 1.165) is 0 Å². The van der Waals surface area contributed by atoms with Gasteiger partial charge in [-0.1, -0.05) is 0 Å². The number of ether oxygens (including phenoxy) is 1. The number of nitrogens with two attached hydrogens (primary N) is 1. The molecule has 1 heterocycles. The van der Waals surface area contributed by atoms with E-state index in [2.05, 4.69) is 0 Å². The monoisotopic (exact) mass is 321 g/mol. The molecule has 0 atom stereocenters. The molecule has 0 unspecified atom stereocenters. The van der Waals surface area contributed by atoms with Crippen LogP contribution in [0.5, 0.6) is 0 Å². The van der Waals surface area contributed by atoms with Gasteiger partial charge in [-0.05, 0) is 49.4 Å². The Hall–Kier alpha value is -2.38. The van der Waals surface area contributed by atoms with Gasteiger partial charge in [0, 0.05) is 11.6 Å². The largest absolute Gasteiger partial charge is 0.463 e. The van der Waals surface area contributed by atoms with Crippen LogP contribution in [0.3, 0.4) is 0 Å². The van der Waals surface area contributed by atoms with E-state index in [1.807, 2.05) is 0 Å². The van der Waals surface area contributed by atoms with E-state index in [-0.39, 0.29) is 4.90 Å². The topological polar surface area (TPSA) is 99.6 Å². The summed E-state index contributed by atoms with van der Waals surface area (Å²) < 4.78 is 32.7. The summed E-state index contributed by atoms with van der Waals surface area (Å²) in [4.78, 5) is 11.2. The van der Waals surface area contributed by atoms with E-state index < -0.39 is 16.0 Å². The summed E-state index contributed by atoms with van der Waals surface area (Å²) in [6.07, 6.45) is 2.77. The summed E-state index contributed by atoms with van der Waals surface area (Å²) in [7, 11) is -3.71. The molecule has 116 valence electrons. The predicted octanol–water partition coefficient (Wildman–Crippen LogP) is 2.17. The highest BCUT2D eigenvalue weighted by Gasteiger charge is 2.09. The fraction of sp³-hybridized carbons (Fsp3) is 0.133. The lowest BCUT2D eigenvalue weighted by Crippen LogP contribution is -2.11. The fourth-order valence-electron chi connectivity index (χ4n) is 1.75. The smallest absolute Gasteiger partial charge is 0.330 e. The van der Waals surface area contributed by atoms with Gasteiger partial charge in [0.05, 0.1) is 11.5 Å². The number of carbonyl (C=O) groups is 1. The molecule has 22 heavy (non-hydrogen) atoms. The molecule has 2 rings (SSSR count). The quantitative estimate of drug-likeness (QED) is 0.672. The molecule has 0 fully saturated rings. The highest BCUT2D eigenvalue weighted by atomic mass is 32.2. The Kier molecular flexibility index (Phi) is 4.79. The first-order valence-corrected chi connectivity index (χ1v) is 8.02. The molecule has 1 aromatic carbocycles. The number of primary sulfonamides is 1.